The molecule has 1 fully saturated rings. The molecule has 1 aliphatic heterocycles. The molecule has 1 heterocycles. The molecule has 4 nitrogen and oxygen atoms in total. The highest BCUT2D eigenvalue weighted by Crippen LogP contribution is 2.22. The smallest absolute Gasteiger partial charge is 0.231 e. The van der Waals surface area contributed by atoms with E-state index in [1.165, 1.54) is 12.0 Å². The SMILES string of the molecule is NC(=O)CN1CCC(CCc2ccc(O)cc2)CC1. The quantitative estimate of drug-likeness (QED) is 0.845. The molecular formula is C15H22N2O2. The van der Waals surface area contributed by atoms with Crippen molar-refractivity contribution >= 4 is 5.91 Å². The fraction of sp³-hybridized carbons (Fsp3) is 0.533. The predicted molar refractivity (Wildman–Crippen MR) is 74.8 cm³/mol. The summed E-state index contributed by atoms with van der Waals surface area (Å²) in [4.78, 5) is 13.0. The maximum Gasteiger partial charge on any atom is 0.231 e. The Kier molecular flexibility index (Phi) is 4.80. The molecule has 1 aliphatic rings. The Labute approximate surface area is 114 Å². The van der Waals surface area contributed by atoms with Crippen LogP contribution in [0.15, 0.2) is 24.3 Å². The van der Waals surface area contributed by atoms with Gasteiger partial charge in [-0.1, -0.05) is 12.1 Å². The minimum absolute atomic E-state index is 0.234. The van der Waals surface area contributed by atoms with E-state index >= 15 is 0 Å². The number of rotatable bonds is 5. The molecule has 0 atom stereocenters. The van der Waals surface area contributed by atoms with Crippen LogP contribution >= 0.6 is 0 Å². The van der Waals surface area contributed by atoms with E-state index in [2.05, 4.69) is 4.90 Å². The number of benzene rings is 1. The van der Waals surface area contributed by atoms with Crippen LogP contribution in [0.4, 0.5) is 0 Å². The molecule has 3 N–H and O–H groups in total. The summed E-state index contributed by atoms with van der Waals surface area (Å²) < 4.78 is 0. The monoisotopic (exact) mass is 262 g/mol. The summed E-state index contributed by atoms with van der Waals surface area (Å²) in [5.74, 6) is 0.823. The topological polar surface area (TPSA) is 66.6 Å². The van der Waals surface area contributed by atoms with Gasteiger partial charge >= 0.3 is 0 Å². The summed E-state index contributed by atoms with van der Waals surface area (Å²) in [6, 6.07) is 7.45. The standard InChI is InChI=1S/C15H22N2O2/c16-15(19)11-17-9-7-13(8-10-17)2-1-12-3-5-14(18)6-4-12/h3-6,13,18H,1-2,7-11H2,(H2,16,19). The molecule has 19 heavy (non-hydrogen) atoms. The number of carbonyl (C=O) groups is 1. The summed E-state index contributed by atoms with van der Waals surface area (Å²) in [6.45, 7) is 2.34. The Balaban J connectivity index is 1.71. The number of amides is 1. The van der Waals surface area contributed by atoms with Crippen LogP contribution in [0.2, 0.25) is 0 Å². The highest BCUT2D eigenvalue weighted by atomic mass is 16.3. The molecule has 2 rings (SSSR count). The molecule has 104 valence electrons. The number of nitrogens with two attached hydrogens (primary N) is 1. The van der Waals surface area contributed by atoms with Crippen molar-refractivity contribution in [1.82, 2.24) is 4.90 Å². The van der Waals surface area contributed by atoms with Gasteiger partial charge in [0.2, 0.25) is 5.91 Å². The second-order valence-electron chi connectivity index (χ2n) is 5.39. The number of primary amides is 1. The van der Waals surface area contributed by atoms with Crippen LogP contribution in [0, 0.1) is 5.92 Å². The van der Waals surface area contributed by atoms with E-state index in [1.54, 1.807) is 12.1 Å². The van der Waals surface area contributed by atoms with E-state index in [4.69, 9.17) is 5.73 Å². The van der Waals surface area contributed by atoms with Crippen molar-refractivity contribution in [3.05, 3.63) is 29.8 Å². The second kappa shape index (κ2) is 6.57. The van der Waals surface area contributed by atoms with Crippen LogP contribution in [0.3, 0.4) is 0 Å². The molecule has 1 saturated heterocycles. The molecule has 1 aromatic carbocycles. The van der Waals surface area contributed by atoms with Gasteiger partial charge in [-0.05, 0) is 62.4 Å². The first kappa shape index (κ1) is 13.9. The average Bonchev–Trinajstić information content (AvgIpc) is 2.39. The number of phenols is 1. The minimum Gasteiger partial charge on any atom is -0.508 e. The number of carbonyl (C=O) groups excluding carboxylic acids is 1. The molecule has 1 amide bonds. The number of aryl methyl sites for hydroxylation is 1. The van der Waals surface area contributed by atoms with Crippen molar-refractivity contribution in [3.8, 4) is 5.75 Å². The molecule has 0 unspecified atom stereocenters. The van der Waals surface area contributed by atoms with Crippen LogP contribution in [-0.2, 0) is 11.2 Å². The Morgan fingerprint density at radius 2 is 1.89 bits per heavy atom. The van der Waals surface area contributed by atoms with E-state index in [1.807, 2.05) is 12.1 Å². The Hall–Kier alpha value is -1.55. The zero-order chi connectivity index (χ0) is 13.7. The van der Waals surface area contributed by atoms with Crippen molar-refractivity contribution in [2.24, 2.45) is 11.7 Å². The molecule has 4 heteroatoms. The highest BCUT2D eigenvalue weighted by molar-refractivity contribution is 5.75. The van der Waals surface area contributed by atoms with Crippen LogP contribution < -0.4 is 5.73 Å². The molecule has 0 spiro atoms. The fourth-order valence-electron chi connectivity index (χ4n) is 2.69. The number of hydrogen-bond acceptors (Lipinski definition) is 3. The van der Waals surface area contributed by atoms with Gasteiger partial charge < -0.3 is 10.8 Å². The lowest BCUT2D eigenvalue weighted by Gasteiger charge is -2.31. The molecule has 0 bridgehead atoms. The van der Waals surface area contributed by atoms with Gasteiger partial charge in [0.05, 0.1) is 6.54 Å². The van der Waals surface area contributed by atoms with Gasteiger partial charge in [0, 0.05) is 0 Å². The first-order valence-corrected chi connectivity index (χ1v) is 6.92. The van der Waals surface area contributed by atoms with E-state index in [-0.39, 0.29) is 5.91 Å². The van der Waals surface area contributed by atoms with E-state index in [0.29, 0.717) is 12.3 Å². The lowest BCUT2D eigenvalue weighted by molar-refractivity contribution is -0.119. The van der Waals surface area contributed by atoms with Gasteiger partial charge in [0.1, 0.15) is 5.75 Å². The average molecular weight is 262 g/mol. The Bertz CT molecular complexity index is 409. The molecule has 1 aromatic rings. The lowest BCUT2D eigenvalue weighted by atomic mass is 9.90. The third-order valence-corrected chi connectivity index (χ3v) is 3.86. The maximum absolute atomic E-state index is 10.8. The van der Waals surface area contributed by atoms with Crippen molar-refractivity contribution < 1.29 is 9.90 Å². The van der Waals surface area contributed by atoms with Gasteiger partial charge in [-0.2, -0.15) is 0 Å². The summed E-state index contributed by atoms with van der Waals surface area (Å²) in [7, 11) is 0. The van der Waals surface area contributed by atoms with Gasteiger partial charge in [-0.25, -0.2) is 0 Å². The van der Waals surface area contributed by atoms with Gasteiger partial charge in [-0.3, -0.25) is 9.69 Å². The fourth-order valence-corrected chi connectivity index (χ4v) is 2.69. The van der Waals surface area contributed by atoms with Crippen molar-refractivity contribution in [2.75, 3.05) is 19.6 Å². The van der Waals surface area contributed by atoms with Gasteiger partial charge in [0.25, 0.3) is 0 Å². The Morgan fingerprint density at radius 3 is 2.47 bits per heavy atom. The number of nitrogens with zero attached hydrogens (tertiary/aromatic N) is 1. The Morgan fingerprint density at radius 1 is 1.26 bits per heavy atom. The summed E-state index contributed by atoms with van der Waals surface area (Å²) >= 11 is 0. The van der Waals surface area contributed by atoms with E-state index in [0.717, 1.165) is 38.3 Å². The number of piperidine rings is 1. The largest absolute Gasteiger partial charge is 0.508 e. The molecule has 0 radical (unpaired) electrons. The van der Waals surface area contributed by atoms with Gasteiger partial charge in [0.15, 0.2) is 0 Å². The summed E-state index contributed by atoms with van der Waals surface area (Å²) in [5.41, 5.74) is 6.48. The first-order valence-electron chi connectivity index (χ1n) is 6.92. The summed E-state index contributed by atoms with van der Waals surface area (Å²) in [5, 5.41) is 9.23. The predicted octanol–water partition coefficient (Wildman–Crippen LogP) is 1.52. The third kappa shape index (κ3) is 4.56. The van der Waals surface area contributed by atoms with Gasteiger partial charge in [-0.15, -0.1) is 0 Å². The normalized spacial score (nSPS) is 17.5. The molecular weight excluding hydrogens is 240 g/mol. The van der Waals surface area contributed by atoms with Crippen LogP contribution in [0.5, 0.6) is 5.75 Å². The zero-order valence-electron chi connectivity index (χ0n) is 11.2. The number of phenolic OH excluding ortho intramolecular Hbond substituents is 1. The van der Waals surface area contributed by atoms with Crippen molar-refractivity contribution in [2.45, 2.75) is 25.7 Å². The van der Waals surface area contributed by atoms with Crippen molar-refractivity contribution in [1.29, 1.82) is 0 Å². The molecule has 0 saturated carbocycles. The number of aromatic hydroxyl groups is 1. The molecule has 0 aliphatic carbocycles. The number of likely N-dealkylation sites (tertiary alicyclic amines) is 1. The van der Waals surface area contributed by atoms with Crippen LogP contribution in [-0.4, -0.2) is 35.5 Å². The third-order valence-electron chi connectivity index (χ3n) is 3.86. The second-order valence-corrected chi connectivity index (χ2v) is 5.39. The van der Waals surface area contributed by atoms with E-state index in [9.17, 15) is 9.90 Å². The number of hydrogen-bond donors (Lipinski definition) is 2. The summed E-state index contributed by atoms with van der Waals surface area (Å²) in [6.07, 6.45) is 4.52. The zero-order valence-corrected chi connectivity index (χ0v) is 11.2. The van der Waals surface area contributed by atoms with Crippen LogP contribution in [0.25, 0.3) is 0 Å². The van der Waals surface area contributed by atoms with Crippen LogP contribution in [0.1, 0.15) is 24.8 Å². The van der Waals surface area contributed by atoms with Crippen molar-refractivity contribution in [3.63, 3.8) is 0 Å². The minimum atomic E-state index is -0.234. The lowest BCUT2D eigenvalue weighted by Crippen LogP contribution is -2.39. The molecule has 0 aromatic heterocycles. The maximum atomic E-state index is 10.8. The highest BCUT2D eigenvalue weighted by Gasteiger charge is 2.19. The first-order chi connectivity index (χ1) is 9.13. The van der Waals surface area contributed by atoms with E-state index < -0.39 is 0 Å².